The molecule has 0 fully saturated rings. The Bertz CT molecular complexity index is 1160. The lowest BCUT2D eigenvalue weighted by Crippen LogP contribution is -2.38. The van der Waals surface area contributed by atoms with Crippen LogP contribution in [0, 0.1) is 20.8 Å². The van der Waals surface area contributed by atoms with Crippen molar-refractivity contribution in [3.63, 3.8) is 0 Å². The minimum atomic E-state index is -0.303. The molecule has 2 aromatic carbocycles. The molecule has 0 saturated carbocycles. The number of hydrogen-bond acceptors (Lipinski definition) is 4. The predicted octanol–water partition coefficient (Wildman–Crippen LogP) is 6.15. The van der Waals surface area contributed by atoms with Crippen molar-refractivity contribution in [1.82, 2.24) is 9.55 Å². The molecule has 2 heterocycles. The van der Waals surface area contributed by atoms with Gasteiger partial charge in [0, 0.05) is 36.5 Å². The molecule has 1 aliphatic rings. The number of benzene rings is 2. The molecule has 0 aliphatic carbocycles. The quantitative estimate of drug-likeness (QED) is 0.473. The minimum Gasteiger partial charge on any atom is -0.507 e. The van der Waals surface area contributed by atoms with Crippen LogP contribution < -0.4 is 9.47 Å². The van der Waals surface area contributed by atoms with E-state index in [0.717, 1.165) is 65.1 Å². The highest BCUT2D eigenvalue weighted by molar-refractivity contribution is 5.59. The van der Waals surface area contributed by atoms with Crippen LogP contribution in [0.5, 0.6) is 17.2 Å². The summed E-state index contributed by atoms with van der Waals surface area (Å²) < 4.78 is 14.9. The number of fused-ring (bicyclic) bond motifs is 1. The Morgan fingerprint density at radius 3 is 2.76 bits per heavy atom. The molecule has 0 spiro atoms. The molecule has 174 valence electrons. The molecule has 1 aliphatic heterocycles. The van der Waals surface area contributed by atoms with Gasteiger partial charge in [-0.3, -0.25) is 0 Å². The van der Waals surface area contributed by atoms with Crippen molar-refractivity contribution in [2.24, 2.45) is 0 Å². The van der Waals surface area contributed by atoms with E-state index in [-0.39, 0.29) is 5.60 Å². The first-order chi connectivity index (χ1) is 15.8. The lowest BCUT2D eigenvalue weighted by molar-refractivity contribution is 0.0411. The molecule has 5 nitrogen and oxygen atoms in total. The van der Waals surface area contributed by atoms with Gasteiger partial charge >= 0.3 is 0 Å². The fraction of sp³-hybridized carbons (Fsp3) is 0.393. The number of phenolic OH excluding ortho intramolecular Hbond substituents is 1. The van der Waals surface area contributed by atoms with E-state index >= 15 is 0 Å². The SMILES string of the molecule is C/C=C/c1ccc(Cn2ccnc2)cc1OCCC1(C)CCc2c(C)c(O)c(C)c(C)c2O1. The second-order valence-electron chi connectivity index (χ2n) is 9.29. The third-order valence-corrected chi connectivity index (χ3v) is 6.83. The summed E-state index contributed by atoms with van der Waals surface area (Å²) in [5, 5.41) is 10.4. The number of hydrogen-bond donors (Lipinski definition) is 1. The highest BCUT2D eigenvalue weighted by Gasteiger charge is 2.34. The summed E-state index contributed by atoms with van der Waals surface area (Å²) in [6.07, 6.45) is 12.3. The van der Waals surface area contributed by atoms with Gasteiger partial charge in [-0.1, -0.05) is 24.3 Å². The van der Waals surface area contributed by atoms with Crippen LogP contribution in [0.2, 0.25) is 0 Å². The fourth-order valence-electron chi connectivity index (χ4n) is 4.56. The number of aromatic hydroxyl groups is 1. The number of ether oxygens (including phenoxy) is 2. The van der Waals surface area contributed by atoms with Crippen LogP contribution in [0.15, 0.2) is 43.0 Å². The molecule has 1 aromatic heterocycles. The Labute approximate surface area is 196 Å². The van der Waals surface area contributed by atoms with E-state index in [0.29, 0.717) is 12.4 Å². The van der Waals surface area contributed by atoms with E-state index in [4.69, 9.17) is 9.47 Å². The highest BCUT2D eigenvalue weighted by Crippen LogP contribution is 2.44. The average molecular weight is 447 g/mol. The van der Waals surface area contributed by atoms with Crippen LogP contribution in [-0.4, -0.2) is 26.9 Å². The highest BCUT2D eigenvalue weighted by atomic mass is 16.5. The molecule has 1 unspecified atom stereocenters. The molecule has 3 aromatic rings. The number of imidazole rings is 1. The minimum absolute atomic E-state index is 0.303. The van der Waals surface area contributed by atoms with Crippen molar-refractivity contribution in [3.05, 3.63) is 76.4 Å². The zero-order valence-corrected chi connectivity index (χ0v) is 20.3. The van der Waals surface area contributed by atoms with Gasteiger partial charge in [0.2, 0.25) is 0 Å². The summed E-state index contributed by atoms with van der Waals surface area (Å²) in [5.74, 6) is 2.22. The standard InChI is InChI=1S/C28H34N2O3/c1-6-7-23-9-8-22(17-30-14-13-29-18-30)16-25(23)32-15-12-28(5)11-10-24-21(4)26(31)19(2)20(3)27(24)33-28/h6-9,13-14,16,18,31H,10-12,15,17H2,1-5H3/b7-6+. The van der Waals surface area contributed by atoms with Gasteiger partial charge in [-0.2, -0.15) is 0 Å². The molecule has 1 N–H and O–H groups in total. The Kier molecular flexibility index (Phi) is 6.50. The number of allylic oxidation sites excluding steroid dienone is 1. The second-order valence-corrected chi connectivity index (χ2v) is 9.29. The molecule has 5 heteroatoms. The zero-order chi connectivity index (χ0) is 23.6. The van der Waals surface area contributed by atoms with Crippen molar-refractivity contribution < 1.29 is 14.6 Å². The van der Waals surface area contributed by atoms with Gasteiger partial charge < -0.3 is 19.1 Å². The van der Waals surface area contributed by atoms with E-state index in [2.05, 4.69) is 36.2 Å². The Morgan fingerprint density at radius 1 is 1.21 bits per heavy atom. The van der Waals surface area contributed by atoms with Crippen molar-refractivity contribution >= 4 is 6.08 Å². The number of aromatic nitrogens is 2. The second kappa shape index (κ2) is 9.34. The molecule has 0 amide bonds. The van der Waals surface area contributed by atoms with Crippen molar-refractivity contribution in [1.29, 1.82) is 0 Å². The van der Waals surface area contributed by atoms with Gasteiger partial charge in [-0.05, 0) is 75.8 Å². The first kappa shape index (κ1) is 23.0. The van der Waals surface area contributed by atoms with E-state index in [1.54, 1.807) is 6.20 Å². The van der Waals surface area contributed by atoms with E-state index in [1.165, 1.54) is 5.56 Å². The van der Waals surface area contributed by atoms with Crippen molar-refractivity contribution in [3.8, 4) is 17.2 Å². The molecule has 1 atom stereocenters. The maximum Gasteiger partial charge on any atom is 0.127 e. The number of nitrogens with zero attached hydrogens (tertiary/aromatic N) is 2. The topological polar surface area (TPSA) is 56.5 Å². The van der Waals surface area contributed by atoms with Crippen molar-refractivity contribution in [2.75, 3.05) is 6.61 Å². The van der Waals surface area contributed by atoms with E-state index < -0.39 is 0 Å². The molecular formula is C28H34N2O3. The van der Waals surface area contributed by atoms with Crippen LogP contribution in [-0.2, 0) is 13.0 Å². The van der Waals surface area contributed by atoms with Crippen LogP contribution in [0.3, 0.4) is 0 Å². The molecule has 0 saturated heterocycles. The van der Waals surface area contributed by atoms with Crippen LogP contribution in [0.1, 0.15) is 60.1 Å². The summed E-state index contributed by atoms with van der Waals surface area (Å²) in [6.45, 7) is 11.5. The summed E-state index contributed by atoms with van der Waals surface area (Å²) in [4.78, 5) is 4.13. The lowest BCUT2D eigenvalue weighted by atomic mass is 9.86. The van der Waals surface area contributed by atoms with Crippen LogP contribution >= 0.6 is 0 Å². The Hall–Kier alpha value is -3.21. The average Bonchev–Trinajstić information content (AvgIpc) is 3.31. The summed E-state index contributed by atoms with van der Waals surface area (Å²) >= 11 is 0. The monoisotopic (exact) mass is 446 g/mol. The molecule has 4 rings (SSSR count). The maximum absolute atomic E-state index is 10.4. The third-order valence-electron chi connectivity index (χ3n) is 6.83. The molecule has 0 radical (unpaired) electrons. The molecule has 33 heavy (non-hydrogen) atoms. The number of phenols is 1. The van der Waals surface area contributed by atoms with Gasteiger partial charge in [-0.25, -0.2) is 4.98 Å². The zero-order valence-electron chi connectivity index (χ0n) is 20.3. The van der Waals surface area contributed by atoms with Gasteiger partial charge in [0.15, 0.2) is 0 Å². The summed E-state index contributed by atoms with van der Waals surface area (Å²) in [7, 11) is 0. The summed E-state index contributed by atoms with van der Waals surface area (Å²) in [6, 6.07) is 6.36. The first-order valence-corrected chi connectivity index (χ1v) is 11.7. The Balaban J connectivity index is 1.48. The first-order valence-electron chi connectivity index (χ1n) is 11.7. The van der Waals surface area contributed by atoms with E-state index in [1.807, 2.05) is 50.9 Å². The van der Waals surface area contributed by atoms with Gasteiger partial charge in [0.25, 0.3) is 0 Å². The number of rotatable bonds is 7. The van der Waals surface area contributed by atoms with Gasteiger partial charge in [0.1, 0.15) is 22.8 Å². The predicted molar refractivity (Wildman–Crippen MR) is 132 cm³/mol. The smallest absolute Gasteiger partial charge is 0.127 e. The summed E-state index contributed by atoms with van der Waals surface area (Å²) in [5.41, 5.74) is 5.95. The fourth-order valence-corrected chi connectivity index (χ4v) is 4.56. The Morgan fingerprint density at radius 2 is 2.03 bits per heavy atom. The largest absolute Gasteiger partial charge is 0.507 e. The van der Waals surface area contributed by atoms with Gasteiger partial charge in [-0.15, -0.1) is 0 Å². The molecular weight excluding hydrogens is 412 g/mol. The lowest BCUT2D eigenvalue weighted by Gasteiger charge is -2.38. The molecule has 0 bridgehead atoms. The maximum atomic E-state index is 10.4. The normalized spacial score (nSPS) is 17.7. The van der Waals surface area contributed by atoms with Crippen LogP contribution in [0.25, 0.3) is 6.08 Å². The van der Waals surface area contributed by atoms with E-state index in [9.17, 15) is 5.11 Å². The van der Waals surface area contributed by atoms with Crippen molar-refractivity contribution in [2.45, 2.75) is 66.0 Å². The third kappa shape index (κ3) is 4.77. The van der Waals surface area contributed by atoms with Crippen LogP contribution in [0.4, 0.5) is 0 Å². The van der Waals surface area contributed by atoms with Gasteiger partial charge in [0.05, 0.1) is 12.9 Å².